The fourth-order valence-electron chi connectivity index (χ4n) is 2.00. The van der Waals surface area contributed by atoms with E-state index in [1.54, 1.807) is 19.2 Å². The molecule has 0 spiro atoms. The number of ether oxygens (including phenoxy) is 1. The van der Waals surface area contributed by atoms with Crippen LogP contribution in [-0.4, -0.2) is 26.3 Å². The van der Waals surface area contributed by atoms with Crippen LogP contribution in [0.15, 0.2) is 18.2 Å². The van der Waals surface area contributed by atoms with Gasteiger partial charge in [0.25, 0.3) is 0 Å². The van der Waals surface area contributed by atoms with Crippen molar-refractivity contribution in [2.45, 2.75) is 12.5 Å². The molecule has 84 valence electrons. The Morgan fingerprint density at radius 3 is 3.00 bits per heavy atom. The molecule has 1 saturated heterocycles. The molecule has 1 unspecified atom stereocenters. The molecule has 0 N–H and O–H groups in total. The fourth-order valence-corrected chi connectivity index (χ4v) is 2.17. The number of halogens is 1. The Labute approximate surface area is 100 Å². The van der Waals surface area contributed by atoms with Crippen LogP contribution in [0.2, 0.25) is 5.02 Å². The lowest BCUT2D eigenvalue weighted by Crippen LogP contribution is -2.22. The van der Waals surface area contributed by atoms with E-state index in [1.165, 1.54) is 0 Å². The summed E-state index contributed by atoms with van der Waals surface area (Å²) >= 11 is 5.96. The summed E-state index contributed by atoms with van der Waals surface area (Å²) in [6.45, 7) is 1.74. The van der Waals surface area contributed by atoms with Crippen molar-refractivity contribution in [1.82, 2.24) is 0 Å². The van der Waals surface area contributed by atoms with E-state index in [2.05, 4.69) is 11.0 Å². The molecule has 1 fully saturated rings. The van der Waals surface area contributed by atoms with E-state index in [-0.39, 0.29) is 6.10 Å². The zero-order valence-electron chi connectivity index (χ0n) is 9.11. The predicted molar refractivity (Wildman–Crippen MR) is 63.8 cm³/mol. The van der Waals surface area contributed by atoms with Gasteiger partial charge in [-0.05, 0) is 24.6 Å². The van der Waals surface area contributed by atoms with Crippen molar-refractivity contribution in [2.24, 2.45) is 0 Å². The number of hydrogen-bond donors (Lipinski definition) is 0. The second-order valence-corrected chi connectivity index (χ2v) is 4.30. The molecule has 0 amide bonds. The van der Waals surface area contributed by atoms with E-state index in [1.807, 2.05) is 6.07 Å². The van der Waals surface area contributed by atoms with Crippen molar-refractivity contribution in [2.75, 3.05) is 25.1 Å². The lowest BCUT2D eigenvalue weighted by atomic mass is 10.2. The van der Waals surface area contributed by atoms with Gasteiger partial charge >= 0.3 is 0 Å². The average Bonchev–Trinajstić information content (AvgIpc) is 2.77. The van der Waals surface area contributed by atoms with Crippen LogP contribution in [0.25, 0.3) is 0 Å². The summed E-state index contributed by atoms with van der Waals surface area (Å²) in [7, 11) is 1.72. The van der Waals surface area contributed by atoms with E-state index >= 15 is 0 Å². The number of nitriles is 1. The smallest absolute Gasteiger partial charge is 0.101 e. The highest BCUT2D eigenvalue weighted by molar-refractivity contribution is 6.30. The first-order chi connectivity index (χ1) is 7.74. The van der Waals surface area contributed by atoms with E-state index in [0.717, 1.165) is 25.2 Å². The summed E-state index contributed by atoms with van der Waals surface area (Å²) in [5, 5.41) is 9.70. The predicted octanol–water partition coefficient (Wildman–Crippen LogP) is 2.44. The van der Waals surface area contributed by atoms with Crippen molar-refractivity contribution in [3.05, 3.63) is 28.8 Å². The first-order valence-electron chi connectivity index (χ1n) is 5.22. The van der Waals surface area contributed by atoms with Gasteiger partial charge < -0.3 is 9.64 Å². The number of hydrogen-bond acceptors (Lipinski definition) is 3. The molecule has 1 aliphatic rings. The molecule has 1 heterocycles. The van der Waals surface area contributed by atoms with E-state index in [4.69, 9.17) is 21.6 Å². The Hall–Kier alpha value is -1.24. The van der Waals surface area contributed by atoms with Crippen LogP contribution in [0.5, 0.6) is 0 Å². The van der Waals surface area contributed by atoms with E-state index < -0.39 is 0 Å². The Bertz CT molecular complexity index is 428. The maximum atomic E-state index is 9.04. The minimum atomic E-state index is 0.255. The molecular formula is C12H13ClN2O. The van der Waals surface area contributed by atoms with Crippen LogP contribution in [0.3, 0.4) is 0 Å². The average molecular weight is 237 g/mol. The molecule has 1 aliphatic heterocycles. The summed E-state index contributed by atoms with van der Waals surface area (Å²) < 4.78 is 5.31. The summed E-state index contributed by atoms with van der Waals surface area (Å²) in [5.41, 5.74) is 1.58. The Morgan fingerprint density at radius 2 is 2.38 bits per heavy atom. The van der Waals surface area contributed by atoms with Crippen LogP contribution in [-0.2, 0) is 4.74 Å². The number of anilines is 1. The van der Waals surface area contributed by atoms with Gasteiger partial charge in [-0.1, -0.05) is 11.6 Å². The van der Waals surface area contributed by atoms with Crippen molar-refractivity contribution in [1.29, 1.82) is 5.26 Å². The van der Waals surface area contributed by atoms with E-state index in [9.17, 15) is 0 Å². The van der Waals surface area contributed by atoms with Gasteiger partial charge in [0.15, 0.2) is 0 Å². The van der Waals surface area contributed by atoms with Gasteiger partial charge in [0.05, 0.1) is 17.4 Å². The van der Waals surface area contributed by atoms with Crippen molar-refractivity contribution >= 4 is 17.3 Å². The Morgan fingerprint density at radius 1 is 1.56 bits per heavy atom. The van der Waals surface area contributed by atoms with Gasteiger partial charge in [-0.25, -0.2) is 0 Å². The zero-order chi connectivity index (χ0) is 11.5. The quantitative estimate of drug-likeness (QED) is 0.791. The zero-order valence-corrected chi connectivity index (χ0v) is 9.87. The molecule has 4 heteroatoms. The number of methoxy groups -OCH3 is 1. The summed E-state index contributed by atoms with van der Waals surface area (Å²) in [6.07, 6.45) is 1.25. The van der Waals surface area contributed by atoms with Gasteiger partial charge in [0.2, 0.25) is 0 Å². The Kier molecular flexibility index (Phi) is 3.33. The first kappa shape index (κ1) is 11.3. The largest absolute Gasteiger partial charge is 0.380 e. The van der Waals surface area contributed by atoms with Gasteiger partial charge in [-0.2, -0.15) is 5.26 Å². The normalized spacial score (nSPS) is 19.8. The topological polar surface area (TPSA) is 36.3 Å². The lowest BCUT2D eigenvalue weighted by Gasteiger charge is -2.19. The minimum absolute atomic E-state index is 0.255. The molecule has 0 saturated carbocycles. The highest BCUT2D eigenvalue weighted by Gasteiger charge is 2.24. The second kappa shape index (κ2) is 4.73. The van der Waals surface area contributed by atoms with Gasteiger partial charge in [-0.15, -0.1) is 0 Å². The third-order valence-corrected chi connectivity index (χ3v) is 3.13. The maximum Gasteiger partial charge on any atom is 0.101 e. The molecule has 2 rings (SSSR count). The highest BCUT2D eigenvalue weighted by atomic mass is 35.5. The fraction of sp³-hybridized carbons (Fsp3) is 0.417. The van der Waals surface area contributed by atoms with Crippen LogP contribution < -0.4 is 4.90 Å². The standard InChI is InChI=1S/C12H13ClN2O/c1-16-11-4-5-15(8-11)12-6-10(13)3-2-9(12)7-14/h2-3,6,11H,4-5,8H2,1H3. The molecule has 16 heavy (non-hydrogen) atoms. The monoisotopic (exact) mass is 236 g/mol. The van der Waals surface area contributed by atoms with Crippen molar-refractivity contribution in [3.8, 4) is 6.07 Å². The number of benzene rings is 1. The van der Waals surface area contributed by atoms with Crippen molar-refractivity contribution in [3.63, 3.8) is 0 Å². The minimum Gasteiger partial charge on any atom is -0.380 e. The molecule has 0 radical (unpaired) electrons. The van der Waals surface area contributed by atoms with Crippen molar-refractivity contribution < 1.29 is 4.74 Å². The van der Waals surface area contributed by atoms with Gasteiger partial charge in [-0.3, -0.25) is 0 Å². The Balaban J connectivity index is 2.27. The second-order valence-electron chi connectivity index (χ2n) is 3.87. The molecule has 1 aromatic rings. The van der Waals surface area contributed by atoms with Crippen LogP contribution in [0.1, 0.15) is 12.0 Å². The summed E-state index contributed by atoms with van der Waals surface area (Å²) in [6, 6.07) is 7.54. The van der Waals surface area contributed by atoms with Gasteiger partial charge in [0, 0.05) is 25.2 Å². The SMILES string of the molecule is COC1CCN(c2cc(Cl)ccc2C#N)C1. The third-order valence-electron chi connectivity index (χ3n) is 2.90. The van der Waals surface area contributed by atoms with Crippen LogP contribution in [0.4, 0.5) is 5.69 Å². The molecule has 0 bridgehead atoms. The molecule has 3 nitrogen and oxygen atoms in total. The molecule has 1 aromatic carbocycles. The van der Waals surface area contributed by atoms with Crippen LogP contribution in [0, 0.1) is 11.3 Å². The molecule has 1 atom stereocenters. The molecule has 0 aliphatic carbocycles. The third kappa shape index (κ3) is 2.13. The number of rotatable bonds is 2. The summed E-state index contributed by atoms with van der Waals surface area (Å²) in [5.74, 6) is 0. The lowest BCUT2D eigenvalue weighted by molar-refractivity contribution is 0.121. The summed E-state index contributed by atoms with van der Waals surface area (Å²) in [4.78, 5) is 2.15. The van der Waals surface area contributed by atoms with E-state index in [0.29, 0.717) is 10.6 Å². The molecular weight excluding hydrogens is 224 g/mol. The van der Waals surface area contributed by atoms with Crippen LogP contribution >= 0.6 is 11.6 Å². The maximum absolute atomic E-state index is 9.04. The first-order valence-corrected chi connectivity index (χ1v) is 5.60. The van der Waals surface area contributed by atoms with Gasteiger partial charge in [0.1, 0.15) is 6.07 Å². The molecule has 0 aromatic heterocycles. The number of nitrogens with zero attached hydrogens (tertiary/aromatic N) is 2. The highest BCUT2D eigenvalue weighted by Crippen LogP contribution is 2.28.